The zero-order valence-electron chi connectivity index (χ0n) is 16.1. The lowest BCUT2D eigenvalue weighted by molar-refractivity contribution is 0.302. The molecule has 2 rings (SSSR count). The molecule has 0 saturated carbocycles. The summed E-state index contributed by atoms with van der Waals surface area (Å²) in [6.07, 6.45) is 10.8. The first kappa shape index (κ1) is 20.9. The fraction of sp³-hybridized carbons (Fsp3) is 0.565. The van der Waals surface area contributed by atoms with Crippen LogP contribution in [0.5, 0.6) is 11.5 Å². The predicted octanol–water partition coefficient (Wildman–Crippen LogP) is 7.37. The third-order valence-corrected chi connectivity index (χ3v) is 4.90. The van der Waals surface area contributed by atoms with Gasteiger partial charge in [0.2, 0.25) is 0 Å². The van der Waals surface area contributed by atoms with Gasteiger partial charge in [0.25, 0.3) is 0 Å². The van der Waals surface area contributed by atoms with Gasteiger partial charge in [-0.15, -0.1) is 11.6 Å². The van der Waals surface area contributed by atoms with Crippen LogP contribution >= 0.6 is 11.6 Å². The zero-order chi connectivity index (χ0) is 18.5. The van der Waals surface area contributed by atoms with Crippen LogP contribution in [0.1, 0.15) is 64.7 Å². The summed E-state index contributed by atoms with van der Waals surface area (Å²) in [6, 6.07) is 12.5. The fourth-order valence-corrected chi connectivity index (χ4v) is 3.30. The van der Waals surface area contributed by atoms with Crippen LogP contribution in [0.4, 0.5) is 0 Å². The molecular weight excluding hydrogens is 344 g/mol. The van der Waals surface area contributed by atoms with E-state index in [4.69, 9.17) is 21.1 Å². The Morgan fingerprint density at radius 3 is 1.69 bits per heavy atom. The lowest BCUT2D eigenvalue weighted by atomic mass is 10.1. The van der Waals surface area contributed by atoms with Crippen molar-refractivity contribution in [3.05, 3.63) is 36.4 Å². The molecule has 0 atom stereocenters. The van der Waals surface area contributed by atoms with Crippen molar-refractivity contribution in [3.63, 3.8) is 0 Å². The van der Waals surface area contributed by atoms with Crippen LogP contribution in [-0.2, 0) is 0 Å². The molecule has 2 nitrogen and oxygen atoms in total. The Labute approximate surface area is 163 Å². The van der Waals surface area contributed by atoms with Gasteiger partial charge in [-0.25, -0.2) is 0 Å². The van der Waals surface area contributed by atoms with E-state index in [1.165, 1.54) is 38.5 Å². The van der Waals surface area contributed by atoms with Crippen molar-refractivity contribution in [2.24, 2.45) is 0 Å². The molecule has 0 aliphatic heterocycles. The molecule has 0 unspecified atom stereocenters. The van der Waals surface area contributed by atoms with Crippen molar-refractivity contribution >= 4 is 22.4 Å². The Morgan fingerprint density at radius 1 is 0.654 bits per heavy atom. The second kappa shape index (κ2) is 12.9. The molecule has 0 heterocycles. The minimum absolute atomic E-state index is 0.774. The average Bonchev–Trinajstić information content (AvgIpc) is 2.68. The molecule has 0 bridgehead atoms. The van der Waals surface area contributed by atoms with Gasteiger partial charge in [0, 0.05) is 16.7 Å². The molecular formula is C23H33ClO2. The summed E-state index contributed by atoms with van der Waals surface area (Å²) in [5, 5.41) is 2.28. The van der Waals surface area contributed by atoms with Crippen LogP contribution in [0.2, 0.25) is 0 Å². The second-order valence-electron chi connectivity index (χ2n) is 6.82. The van der Waals surface area contributed by atoms with Gasteiger partial charge in [0.15, 0.2) is 0 Å². The minimum Gasteiger partial charge on any atom is -0.493 e. The lowest BCUT2D eigenvalue weighted by Gasteiger charge is -2.13. The maximum Gasteiger partial charge on any atom is 0.127 e. The van der Waals surface area contributed by atoms with Crippen LogP contribution in [-0.4, -0.2) is 19.1 Å². The van der Waals surface area contributed by atoms with Crippen molar-refractivity contribution in [3.8, 4) is 11.5 Å². The molecule has 0 radical (unpaired) electrons. The molecule has 0 N–H and O–H groups in total. The average molecular weight is 377 g/mol. The Bertz CT molecular complexity index is 627. The topological polar surface area (TPSA) is 18.5 Å². The molecule has 26 heavy (non-hydrogen) atoms. The number of benzene rings is 2. The van der Waals surface area contributed by atoms with Crippen LogP contribution in [0.25, 0.3) is 10.8 Å². The summed E-state index contributed by atoms with van der Waals surface area (Å²) in [6.45, 7) is 3.76. The number of alkyl halides is 1. The molecule has 144 valence electrons. The van der Waals surface area contributed by atoms with Crippen LogP contribution in [0, 0.1) is 0 Å². The quantitative estimate of drug-likeness (QED) is 0.253. The smallest absolute Gasteiger partial charge is 0.127 e. The van der Waals surface area contributed by atoms with E-state index < -0.39 is 0 Å². The van der Waals surface area contributed by atoms with E-state index in [1.807, 2.05) is 0 Å². The third-order valence-electron chi connectivity index (χ3n) is 4.64. The monoisotopic (exact) mass is 376 g/mol. The summed E-state index contributed by atoms with van der Waals surface area (Å²) < 4.78 is 12.1. The predicted molar refractivity (Wildman–Crippen MR) is 113 cm³/mol. The molecule has 0 fully saturated rings. The van der Waals surface area contributed by atoms with E-state index in [9.17, 15) is 0 Å². The van der Waals surface area contributed by atoms with Crippen molar-refractivity contribution in [2.75, 3.05) is 19.1 Å². The second-order valence-corrected chi connectivity index (χ2v) is 7.20. The molecule has 2 aromatic carbocycles. The lowest BCUT2D eigenvalue weighted by Crippen LogP contribution is -2.00. The van der Waals surface area contributed by atoms with Gasteiger partial charge in [-0.3, -0.25) is 0 Å². The molecule has 0 amide bonds. The Balaban J connectivity index is 1.84. The Hall–Kier alpha value is -1.41. The summed E-state index contributed by atoms with van der Waals surface area (Å²) in [5.74, 6) is 2.71. The maximum absolute atomic E-state index is 6.07. The summed E-state index contributed by atoms with van der Waals surface area (Å²) in [4.78, 5) is 0. The van der Waals surface area contributed by atoms with E-state index in [0.717, 1.165) is 60.6 Å². The first-order valence-electron chi connectivity index (χ1n) is 10.2. The Kier molecular flexibility index (Phi) is 10.3. The molecule has 0 aliphatic carbocycles. The number of hydrogen-bond donors (Lipinski definition) is 0. The van der Waals surface area contributed by atoms with Crippen LogP contribution in [0.15, 0.2) is 36.4 Å². The SMILES string of the molecule is CCCCCOc1ccc(OCCCCCCCCCl)c2ccccc12. The highest BCUT2D eigenvalue weighted by Crippen LogP contribution is 2.33. The Morgan fingerprint density at radius 2 is 1.15 bits per heavy atom. The first-order chi connectivity index (χ1) is 12.9. The highest BCUT2D eigenvalue weighted by molar-refractivity contribution is 6.17. The van der Waals surface area contributed by atoms with Crippen LogP contribution < -0.4 is 9.47 Å². The number of halogens is 1. The number of unbranched alkanes of at least 4 members (excludes halogenated alkanes) is 7. The van der Waals surface area contributed by atoms with Crippen molar-refractivity contribution < 1.29 is 9.47 Å². The number of ether oxygens (including phenoxy) is 2. The summed E-state index contributed by atoms with van der Waals surface area (Å²) in [5.41, 5.74) is 0. The molecule has 0 aliphatic rings. The summed E-state index contributed by atoms with van der Waals surface area (Å²) >= 11 is 5.70. The van der Waals surface area contributed by atoms with Gasteiger partial charge >= 0.3 is 0 Å². The van der Waals surface area contributed by atoms with Gasteiger partial charge in [-0.05, 0) is 31.4 Å². The number of rotatable bonds is 14. The summed E-state index contributed by atoms with van der Waals surface area (Å²) in [7, 11) is 0. The van der Waals surface area contributed by atoms with E-state index in [2.05, 4.69) is 43.3 Å². The van der Waals surface area contributed by atoms with Gasteiger partial charge in [-0.2, -0.15) is 0 Å². The number of fused-ring (bicyclic) bond motifs is 1. The standard InChI is InChI=1S/C23H33ClO2/c1-2-3-11-18-25-22-15-16-23(21-14-9-8-13-20(21)22)26-19-12-7-5-4-6-10-17-24/h8-9,13-16H,2-7,10-12,17-19H2,1H3. The molecule has 0 aromatic heterocycles. The van der Waals surface area contributed by atoms with Gasteiger partial charge in [-0.1, -0.05) is 69.7 Å². The first-order valence-corrected chi connectivity index (χ1v) is 10.7. The van der Waals surface area contributed by atoms with Crippen molar-refractivity contribution in [2.45, 2.75) is 64.7 Å². The molecule has 3 heteroatoms. The van der Waals surface area contributed by atoms with Gasteiger partial charge in [0.05, 0.1) is 13.2 Å². The molecule has 0 spiro atoms. The molecule has 0 saturated heterocycles. The highest BCUT2D eigenvalue weighted by Gasteiger charge is 2.07. The van der Waals surface area contributed by atoms with Crippen LogP contribution in [0.3, 0.4) is 0 Å². The normalized spacial score (nSPS) is 11.0. The largest absolute Gasteiger partial charge is 0.493 e. The number of hydrogen-bond acceptors (Lipinski definition) is 2. The van der Waals surface area contributed by atoms with E-state index in [-0.39, 0.29) is 0 Å². The van der Waals surface area contributed by atoms with E-state index in [0.29, 0.717) is 0 Å². The van der Waals surface area contributed by atoms with Crippen molar-refractivity contribution in [1.82, 2.24) is 0 Å². The van der Waals surface area contributed by atoms with Crippen molar-refractivity contribution in [1.29, 1.82) is 0 Å². The van der Waals surface area contributed by atoms with E-state index >= 15 is 0 Å². The fourth-order valence-electron chi connectivity index (χ4n) is 3.12. The maximum atomic E-state index is 6.07. The zero-order valence-corrected chi connectivity index (χ0v) is 16.9. The minimum atomic E-state index is 0.774. The third kappa shape index (κ3) is 7.07. The van der Waals surface area contributed by atoms with E-state index in [1.54, 1.807) is 0 Å². The van der Waals surface area contributed by atoms with Gasteiger partial charge in [0.1, 0.15) is 11.5 Å². The highest BCUT2D eigenvalue weighted by atomic mass is 35.5. The molecule has 2 aromatic rings. The van der Waals surface area contributed by atoms with Gasteiger partial charge < -0.3 is 9.47 Å².